The van der Waals surface area contributed by atoms with Gasteiger partial charge >= 0.3 is 12.2 Å². The first kappa shape index (κ1) is 43.2. The first-order valence-electron chi connectivity index (χ1n) is 18.6. The maximum Gasteiger partial charge on any atom is 0.417 e. The van der Waals surface area contributed by atoms with Crippen LogP contribution in [0.1, 0.15) is 126 Å². The highest BCUT2D eigenvalue weighted by Gasteiger charge is 2.34. The molecule has 9 nitrogen and oxygen atoms in total. The van der Waals surface area contributed by atoms with Crippen LogP contribution >= 0.6 is 11.8 Å². The molecule has 50 heavy (non-hydrogen) atoms. The maximum atomic E-state index is 13.6. The fourth-order valence-electron chi connectivity index (χ4n) is 6.05. The summed E-state index contributed by atoms with van der Waals surface area (Å²) in [6.07, 6.45) is 19.9. The molecule has 1 aliphatic rings. The molecule has 1 saturated heterocycles. The molecule has 0 unspecified atom stereocenters. The average molecular weight is 734 g/mol. The number of carbonyl (C=O) groups excluding carboxylic acids is 3. The summed E-state index contributed by atoms with van der Waals surface area (Å²) in [7, 11) is 1.50. The van der Waals surface area contributed by atoms with Crippen LogP contribution in [0, 0.1) is 0 Å². The zero-order chi connectivity index (χ0) is 35.1. The number of carbonyl (C=O) groups is 3. The number of benzene rings is 1. The number of thioether (sulfide) groups is 1. The number of amides is 3. The molecule has 2 heterocycles. The van der Waals surface area contributed by atoms with E-state index in [0.717, 1.165) is 29.9 Å². The number of pyridine rings is 1. The Bertz CT molecular complexity index is 1260. The summed E-state index contributed by atoms with van der Waals surface area (Å²) in [5.41, 5.74) is 1.10. The van der Waals surface area contributed by atoms with E-state index in [1.807, 2.05) is 35.9 Å². The molecule has 0 bridgehead atoms. The van der Waals surface area contributed by atoms with Gasteiger partial charge in [0.2, 0.25) is 5.69 Å². The Kier molecular flexibility index (Phi) is 22.4. The third-order valence-electron chi connectivity index (χ3n) is 9.00. The SMILES string of the molecule is CCCCCCCCCCCCCCCCNC(=O)OC[C@@H]1C[C@@H](COC(=O)N(Cc2cccc[n+]2CC)C(=O)c2ccccc2OC)S1.[Cl-]. The van der Waals surface area contributed by atoms with Gasteiger partial charge in [0.05, 0.1) is 12.7 Å². The molecule has 1 N–H and O–H groups in total. The van der Waals surface area contributed by atoms with Crippen LogP contribution in [0.15, 0.2) is 48.7 Å². The molecule has 280 valence electrons. The van der Waals surface area contributed by atoms with Crippen molar-refractivity contribution in [3.05, 3.63) is 59.9 Å². The molecule has 0 saturated carbocycles. The van der Waals surface area contributed by atoms with Crippen molar-refractivity contribution in [2.24, 2.45) is 0 Å². The number of methoxy groups -OCH3 is 1. The van der Waals surface area contributed by atoms with Crippen LogP contribution in [0.4, 0.5) is 9.59 Å². The van der Waals surface area contributed by atoms with E-state index in [4.69, 9.17) is 14.2 Å². The molecular formula is C39H60ClN3O6S. The molecular weight excluding hydrogens is 674 g/mol. The number of aromatic nitrogens is 1. The summed E-state index contributed by atoms with van der Waals surface area (Å²) in [6.45, 7) is 6.16. The largest absolute Gasteiger partial charge is 1.00 e. The number of hydrogen-bond acceptors (Lipinski definition) is 7. The topological polar surface area (TPSA) is 98.0 Å². The minimum absolute atomic E-state index is 0. The van der Waals surface area contributed by atoms with Crippen LogP contribution < -0.4 is 27.0 Å². The number of para-hydroxylation sites is 1. The van der Waals surface area contributed by atoms with Gasteiger partial charge in [0.1, 0.15) is 32.1 Å². The Labute approximate surface area is 311 Å². The summed E-state index contributed by atoms with van der Waals surface area (Å²) in [6, 6.07) is 12.5. The van der Waals surface area contributed by atoms with Crippen molar-refractivity contribution in [3.8, 4) is 5.75 Å². The molecule has 0 aliphatic carbocycles. The average Bonchev–Trinajstić information content (AvgIpc) is 3.11. The van der Waals surface area contributed by atoms with Gasteiger partial charge in [-0.2, -0.15) is 0 Å². The highest BCUT2D eigenvalue weighted by molar-refractivity contribution is 8.01. The fraction of sp³-hybridized carbons (Fsp3) is 0.641. The molecule has 3 rings (SSSR count). The standard InChI is InChI=1S/C39H59N3O6S.ClH/c1-4-6-7-8-9-10-11-12-13-14-15-16-17-21-26-40-38(44)47-30-33-28-34(49-33)31-48-39(45)42(29-32-23-20-22-27-41(32)5-2)37(43)35-24-18-19-25-36(35)46-3;/h18-20,22-25,27,33-34H,4-17,21,26,28-31H2,1-3H3;1H/t33-,34-;/m0./s1. The Balaban J connectivity index is 0.00000867. The smallest absolute Gasteiger partial charge is 0.417 e. The summed E-state index contributed by atoms with van der Waals surface area (Å²) in [5.74, 6) is -0.0932. The van der Waals surface area contributed by atoms with E-state index >= 15 is 0 Å². The molecule has 1 aliphatic heterocycles. The lowest BCUT2D eigenvalue weighted by atomic mass is 10.0. The first-order chi connectivity index (χ1) is 24.0. The van der Waals surface area contributed by atoms with Gasteiger partial charge < -0.3 is 31.9 Å². The van der Waals surface area contributed by atoms with Gasteiger partial charge in [-0.05, 0) is 31.9 Å². The Morgan fingerprint density at radius 1 is 0.800 bits per heavy atom. The lowest BCUT2D eigenvalue weighted by molar-refractivity contribution is -0.701. The third-order valence-corrected chi connectivity index (χ3v) is 10.4. The Morgan fingerprint density at radius 3 is 1.96 bits per heavy atom. The van der Waals surface area contributed by atoms with Gasteiger partial charge in [0, 0.05) is 29.2 Å². The van der Waals surface area contributed by atoms with Gasteiger partial charge in [-0.25, -0.2) is 19.1 Å². The Morgan fingerprint density at radius 2 is 1.36 bits per heavy atom. The third kappa shape index (κ3) is 15.9. The van der Waals surface area contributed by atoms with Crippen molar-refractivity contribution in [1.82, 2.24) is 10.2 Å². The molecule has 11 heteroatoms. The fourth-order valence-corrected chi connectivity index (χ4v) is 7.22. The number of ether oxygens (including phenoxy) is 3. The van der Waals surface area contributed by atoms with E-state index in [1.54, 1.807) is 36.0 Å². The van der Waals surface area contributed by atoms with E-state index in [-0.39, 0.29) is 42.2 Å². The second-order valence-corrected chi connectivity index (χ2v) is 14.5. The van der Waals surface area contributed by atoms with Gasteiger partial charge in [0.25, 0.3) is 5.91 Å². The zero-order valence-electron chi connectivity index (χ0n) is 30.5. The summed E-state index contributed by atoms with van der Waals surface area (Å²) in [4.78, 5) is 40.2. The van der Waals surface area contributed by atoms with Gasteiger partial charge in [0.15, 0.2) is 6.20 Å². The number of unbranched alkanes of at least 4 members (excludes halogenated alkanes) is 13. The summed E-state index contributed by atoms with van der Waals surface area (Å²) >= 11 is 1.63. The number of nitrogens with zero attached hydrogens (tertiary/aromatic N) is 2. The summed E-state index contributed by atoms with van der Waals surface area (Å²) < 4.78 is 18.4. The monoisotopic (exact) mass is 733 g/mol. The van der Waals surface area contributed by atoms with Crippen LogP contribution in [0.25, 0.3) is 0 Å². The molecule has 1 aromatic carbocycles. The van der Waals surface area contributed by atoms with Crippen molar-refractivity contribution in [2.75, 3.05) is 26.9 Å². The highest BCUT2D eigenvalue weighted by Crippen LogP contribution is 2.37. The van der Waals surface area contributed by atoms with Crippen LogP contribution in [0.2, 0.25) is 0 Å². The zero-order valence-corrected chi connectivity index (χ0v) is 32.1. The second kappa shape index (κ2) is 25.9. The predicted molar refractivity (Wildman–Crippen MR) is 196 cm³/mol. The van der Waals surface area contributed by atoms with Crippen molar-refractivity contribution < 1.29 is 45.6 Å². The first-order valence-corrected chi connectivity index (χ1v) is 19.6. The number of halogens is 1. The molecule has 0 spiro atoms. The normalized spacial score (nSPS) is 14.9. The predicted octanol–water partition coefficient (Wildman–Crippen LogP) is 5.87. The minimum Gasteiger partial charge on any atom is -1.00 e. The van der Waals surface area contributed by atoms with Crippen molar-refractivity contribution in [3.63, 3.8) is 0 Å². The molecule has 0 radical (unpaired) electrons. The van der Waals surface area contributed by atoms with E-state index in [9.17, 15) is 14.4 Å². The molecule has 1 fully saturated rings. The van der Waals surface area contributed by atoms with E-state index < -0.39 is 12.0 Å². The van der Waals surface area contributed by atoms with Crippen molar-refractivity contribution >= 4 is 29.9 Å². The lowest BCUT2D eigenvalue weighted by Gasteiger charge is -2.34. The van der Waals surface area contributed by atoms with Crippen molar-refractivity contribution in [2.45, 2.75) is 134 Å². The number of aryl methyl sites for hydroxylation is 1. The van der Waals surface area contributed by atoms with Crippen LogP contribution in [0.3, 0.4) is 0 Å². The number of imide groups is 1. The second-order valence-electron chi connectivity index (χ2n) is 12.9. The number of rotatable bonds is 24. The minimum atomic E-state index is -0.703. The molecule has 3 amide bonds. The van der Waals surface area contributed by atoms with Crippen molar-refractivity contribution in [1.29, 1.82) is 0 Å². The van der Waals surface area contributed by atoms with Crippen LogP contribution in [-0.4, -0.2) is 60.4 Å². The Hall–Kier alpha value is -2.98. The van der Waals surface area contributed by atoms with E-state index in [2.05, 4.69) is 12.2 Å². The highest BCUT2D eigenvalue weighted by atomic mass is 35.5. The van der Waals surface area contributed by atoms with Crippen LogP contribution in [-0.2, 0) is 22.6 Å². The maximum absolute atomic E-state index is 13.6. The summed E-state index contributed by atoms with van der Waals surface area (Å²) in [5, 5.41) is 3.11. The molecule has 1 aromatic heterocycles. The number of hydrogen-bond donors (Lipinski definition) is 1. The van der Waals surface area contributed by atoms with Gasteiger partial charge in [-0.15, -0.1) is 11.8 Å². The van der Waals surface area contributed by atoms with E-state index in [1.165, 1.54) is 84.2 Å². The quantitative estimate of drug-likeness (QED) is 0.107. The van der Waals surface area contributed by atoms with Crippen LogP contribution in [0.5, 0.6) is 5.75 Å². The molecule has 2 atom stereocenters. The number of nitrogens with one attached hydrogen (secondary N) is 1. The lowest BCUT2D eigenvalue weighted by Crippen LogP contribution is -3.00. The van der Waals surface area contributed by atoms with E-state index in [0.29, 0.717) is 31.0 Å². The van der Waals surface area contributed by atoms with Gasteiger partial charge in [-0.1, -0.05) is 109 Å². The number of alkyl carbamates (subject to hydrolysis) is 1. The van der Waals surface area contributed by atoms with Gasteiger partial charge in [-0.3, -0.25) is 4.79 Å². The molecule has 2 aromatic rings.